The Morgan fingerprint density at radius 2 is 2.21 bits per heavy atom. The molecule has 1 N–H and O–H groups in total. The normalized spacial score (nSPS) is 17.4. The molecule has 1 fully saturated rings. The summed E-state index contributed by atoms with van der Waals surface area (Å²) in [5, 5.41) is 11.6. The molecule has 0 spiro atoms. The van der Waals surface area contributed by atoms with Crippen molar-refractivity contribution in [3.05, 3.63) is 11.9 Å². The molecule has 1 heterocycles. The minimum atomic E-state index is 0.0916. The summed E-state index contributed by atoms with van der Waals surface area (Å²) in [6, 6.07) is 0. The number of carbonyl (C=O) groups excluding carboxylic acids is 1. The van der Waals surface area contributed by atoms with Gasteiger partial charge in [0.25, 0.3) is 0 Å². The van der Waals surface area contributed by atoms with Crippen molar-refractivity contribution in [1.29, 1.82) is 0 Å². The number of thioether (sulfide) groups is 1. The molecule has 19 heavy (non-hydrogen) atoms. The standard InChI is InChI=1S/C13H20N4OS/c1-9(10-5-3-4-6-10)12(18)14-7-11-8-15-13(19-2)17-16-11/h8-10H,3-7H2,1-2H3,(H,14,18). The van der Waals surface area contributed by atoms with Crippen molar-refractivity contribution < 1.29 is 4.79 Å². The molecule has 1 aliphatic rings. The van der Waals surface area contributed by atoms with E-state index >= 15 is 0 Å². The number of hydrogen-bond acceptors (Lipinski definition) is 5. The third-order valence-corrected chi connectivity index (χ3v) is 4.29. The molecule has 104 valence electrons. The number of carbonyl (C=O) groups is 1. The number of nitrogens with zero attached hydrogens (tertiary/aromatic N) is 3. The molecular formula is C13H20N4OS. The number of amides is 1. The molecule has 1 aromatic heterocycles. The van der Waals surface area contributed by atoms with Crippen molar-refractivity contribution in [2.24, 2.45) is 11.8 Å². The van der Waals surface area contributed by atoms with Gasteiger partial charge in [0.05, 0.1) is 12.7 Å². The van der Waals surface area contributed by atoms with Crippen LogP contribution in [0.3, 0.4) is 0 Å². The number of rotatable bonds is 5. The lowest BCUT2D eigenvalue weighted by molar-refractivity contribution is -0.126. The Labute approximate surface area is 118 Å². The van der Waals surface area contributed by atoms with Gasteiger partial charge in [0.15, 0.2) is 0 Å². The van der Waals surface area contributed by atoms with Gasteiger partial charge in [-0.15, -0.1) is 10.2 Å². The Morgan fingerprint density at radius 3 is 2.79 bits per heavy atom. The van der Waals surface area contributed by atoms with Gasteiger partial charge in [-0.2, -0.15) is 0 Å². The highest BCUT2D eigenvalue weighted by Gasteiger charge is 2.26. The Kier molecular flexibility index (Phi) is 5.13. The molecule has 1 amide bonds. The lowest BCUT2D eigenvalue weighted by Gasteiger charge is -2.17. The van der Waals surface area contributed by atoms with Crippen LogP contribution in [0.1, 0.15) is 38.3 Å². The monoisotopic (exact) mass is 280 g/mol. The fraction of sp³-hybridized carbons (Fsp3) is 0.692. The average Bonchev–Trinajstić information content (AvgIpc) is 2.98. The van der Waals surface area contributed by atoms with Crippen LogP contribution in [-0.4, -0.2) is 27.3 Å². The van der Waals surface area contributed by atoms with Crippen LogP contribution in [0.5, 0.6) is 0 Å². The van der Waals surface area contributed by atoms with E-state index in [0.717, 1.165) is 0 Å². The summed E-state index contributed by atoms with van der Waals surface area (Å²) in [4.78, 5) is 16.2. The van der Waals surface area contributed by atoms with Crippen LogP contribution in [0.25, 0.3) is 0 Å². The molecule has 0 aliphatic heterocycles. The Morgan fingerprint density at radius 1 is 1.47 bits per heavy atom. The van der Waals surface area contributed by atoms with Gasteiger partial charge < -0.3 is 5.32 Å². The fourth-order valence-corrected chi connectivity index (χ4v) is 2.75. The Bertz CT molecular complexity index is 417. The third-order valence-electron chi connectivity index (χ3n) is 3.73. The molecule has 0 saturated heterocycles. The van der Waals surface area contributed by atoms with Crippen LogP contribution in [0.4, 0.5) is 0 Å². The molecule has 1 saturated carbocycles. The van der Waals surface area contributed by atoms with Crippen LogP contribution in [0.2, 0.25) is 0 Å². The molecule has 6 heteroatoms. The molecule has 2 rings (SSSR count). The maximum Gasteiger partial charge on any atom is 0.223 e. The average molecular weight is 280 g/mol. The minimum Gasteiger partial charge on any atom is -0.350 e. The van der Waals surface area contributed by atoms with Crippen molar-refractivity contribution in [2.75, 3.05) is 6.26 Å². The van der Waals surface area contributed by atoms with Crippen molar-refractivity contribution in [2.45, 2.75) is 44.3 Å². The summed E-state index contributed by atoms with van der Waals surface area (Å²) in [5.74, 6) is 0.750. The maximum atomic E-state index is 12.0. The van der Waals surface area contributed by atoms with E-state index in [1.165, 1.54) is 37.4 Å². The zero-order valence-corrected chi connectivity index (χ0v) is 12.2. The minimum absolute atomic E-state index is 0.0916. The van der Waals surface area contributed by atoms with E-state index in [-0.39, 0.29) is 11.8 Å². The quantitative estimate of drug-likeness (QED) is 0.836. The van der Waals surface area contributed by atoms with E-state index in [4.69, 9.17) is 0 Å². The zero-order valence-electron chi connectivity index (χ0n) is 11.4. The van der Waals surface area contributed by atoms with Gasteiger partial charge in [0.1, 0.15) is 5.69 Å². The second-order valence-corrected chi connectivity index (χ2v) is 5.76. The van der Waals surface area contributed by atoms with Crippen LogP contribution in [0, 0.1) is 11.8 Å². The van der Waals surface area contributed by atoms with Crippen LogP contribution < -0.4 is 5.32 Å². The summed E-state index contributed by atoms with van der Waals surface area (Å²) in [6.07, 6.45) is 8.44. The van der Waals surface area contributed by atoms with E-state index in [1.807, 2.05) is 13.2 Å². The second-order valence-electron chi connectivity index (χ2n) is 4.99. The van der Waals surface area contributed by atoms with Gasteiger partial charge in [-0.05, 0) is 25.0 Å². The highest BCUT2D eigenvalue weighted by Crippen LogP contribution is 2.31. The molecule has 1 aliphatic carbocycles. The van der Waals surface area contributed by atoms with Crippen molar-refractivity contribution in [1.82, 2.24) is 20.5 Å². The highest BCUT2D eigenvalue weighted by atomic mass is 32.2. The lowest BCUT2D eigenvalue weighted by Crippen LogP contribution is -2.32. The zero-order chi connectivity index (χ0) is 13.7. The lowest BCUT2D eigenvalue weighted by atomic mass is 9.92. The molecular weight excluding hydrogens is 260 g/mol. The Balaban J connectivity index is 1.81. The van der Waals surface area contributed by atoms with E-state index in [9.17, 15) is 4.79 Å². The van der Waals surface area contributed by atoms with Crippen molar-refractivity contribution >= 4 is 17.7 Å². The second kappa shape index (κ2) is 6.84. The van der Waals surface area contributed by atoms with E-state index in [2.05, 4.69) is 20.5 Å². The molecule has 1 aromatic rings. The molecule has 0 bridgehead atoms. The van der Waals surface area contributed by atoms with Crippen LogP contribution in [0.15, 0.2) is 11.4 Å². The number of hydrogen-bond donors (Lipinski definition) is 1. The van der Waals surface area contributed by atoms with Gasteiger partial charge in [-0.3, -0.25) is 4.79 Å². The maximum absolute atomic E-state index is 12.0. The van der Waals surface area contributed by atoms with Gasteiger partial charge in [0.2, 0.25) is 11.1 Å². The van der Waals surface area contributed by atoms with Crippen LogP contribution >= 0.6 is 11.8 Å². The summed E-state index contributed by atoms with van der Waals surface area (Å²) < 4.78 is 0. The van der Waals surface area contributed by atoms with E-state index in [1.54, 1.807) is 6.20 Å². The summed E-state index contributed by atoms with van der Waals surface area (Å²) in [7, 11) is 0. The SMILES string of the molecule is CSc1ncc(CNC(=O)C(C)C2CCCC2)nn1. The van der Waals surface area contributed by atoms with E-state index in [0.29, 0.717) is 23.3 Å². The van der Waals surface area contributed by atoms with Crippen molar-refractivity contribution in [3.8, 4) is 0 Å². The van der Waals surface area contributed by atoms with Crippen molar-refractivity contribution in [3.63, 3.8) is 0 Å². The molecule has 1 atom stereocenters. The predicted molar refractivity (Wildman–Crippen MR) is 74.6 cm³/mol. The first-order valence-electron chi connectivity index (χ1n) is 6.71. The fourth-order valence-electron chi connectivity index (χ4n) is 2.47. The smallest absolute Gasteiger partial charge is 0.223 e. The summed E-state index contributed by atoms with van der Waals surface area (Å²) in [5.41, 5.74) is 0.699. The largest absolute Gasteiger partial charge is 0.350 e. The Hall–Kier alpha value is -1.17. The first-order valence-corrected chi connectivity index (χ1v) is 7.93. The highest BCUT2D eigenvalue weighted by molar-refractivity contribution is 7.98. The third kappa shape index (κ3) is 3.89. The molecule has 1 unspecified atom stereocenters. The van der Waals surface area contributed by atoms with Gasteiger partial charge in [-0.25, -0.2) is 4.98 Å². The number of nitrogens with one attached hydrogen (secondary N) is 1. The summed E-state index contributed by atoms with van der Waals surface area (Å²) >= 11 is 1.45. The molecule has 5 nitrogen and oxygen atoms in total. The van der Waals surface area contributed by atoms with Crippen LogP contribution in [-0.2, 0) is 11.3 Å². The van der Waals surface area contributed by atoms with Gasteiger partial charge >= 0.3 is 0 Å². The predicted octanol–water partition coefficient (Wildman–Crippen LogP) is 2.04. The van der Waals surface area contributed by atoms with Gasteiger partial charge in [0, 0.05) is 5.92 Å². The van der Waals surface area contributed by atoms with Gasteiger partial charge in [-0.1, -0.05) is 31.5 Å². The first kappa shape index (κ1) is 14.2. The topological polar surface area (TPSA) is 67.8 Å². The number of aromatic nitrogens is 3. The van der Waals surface area contributed by atoms with E-state index < -0.39 is 0 Å². The molecule has 0 radical (unpaired) electrons. The summed E-state index contributed by atoms with van der Waals surface area (Å²) in [6.45, 7) is 2.43. The first-order chi connectivity index (χ1) is 9.20. The molecule has 0 aromatic carbocycles.